The maximum atomic E-state index is 11.9. The molecule has 3 rings (SSSR count). The lowest BCUT2D eigenvalue weighted by Gasteiger charge is -2.04. The molecule has 7 nitrogen and oxygen atoms in total. The van der Waals surface area contributed by atoms with E-state index in [1.807, 2.05) is 0 Å². The summed E-state index contributed by atoms with van der Waals surface area (Å²) >= 11 is 7.17. The molecule has 1 fully saturated rings. The molecule has 1 aromatic carbocycles. The van der Waals surface area contributed by atoms with Crippen molar-refractivity contribution < 1.29 is 17.6 Å². The van der Waals surface area contributed by atoms with Gasteiger partial charge in [-0.05, 0) is 30.5 Å². The van der Waals surface area contributed by atoms with Gasteiger partial charge in [-0.1, -0.05) is 29.4 Å². The molecule has 26 heavy (non-hydrogen) atoms. The lowest BCUT2D eigenvalue weighted by molar-refractivity contribution is -0.115. The summed E-state index contributed by atoms with van der Waals surface area (Å²) in [5.41, 5.74) is 0.652. The minimum atomic E-state index is -2.91. The van der Waals surface area contributed by atoms with E-state index in [9.17, 15) is 13.2 Å². The Hall–Kier alpha value is -1.58. The number of hydrogen-bond acceptors (Lipinski definition) is 7. The summed E-state index contributed by atoms with van der Waals surface area (Å²) in [6, 6.07) is 6.95. The fraction of sp³-hybridized carbons (Fsp3) is 0.438. The Morgan fingerprint density at radius 3 is 2.96 bits per heavy atom. The Kier molecular flexibility index (Phi) is 6.20. The van der Waals surface area contributed by atoms with Gasteiger partial charge in [0.15, 0.2) is 9.84 Å². The monoisotopic (exact) mass is 415 g/mol. The molecule has 1 amide bonds. The molecule has 0 spiro atoms. The topological polar surface area (TPSA) is 102 Å². The van der Waals surface area contributed by atoms with Crippen LogP contribution in [0.5, 0.6) is 0 Å². The van der Waals surface area contributed by atoms with Crippen LogP contribution >= 0.6 is 23.4 Å². The molecule has 1 unspecified atom stereocenters. The summed E-state index contributed by atoms with van der Waals surface area (Å²) in [5, 5.41) is 11.6. The summed E-state index contributed by atoms with van der Waals surface area (Å²) in [5.74, 6) is 1.26. The molecule has 0 bridgehead atoms. The number of sulfone groups is 1. The quantitative estimate of drug-likeness (QED) is 0.693. The average molecular weight is 416 g/mol. The van der Waals surface area contributed by atoms with E-state index in [0.717, 1.165) is 0 Å². The second-order valence-corrected chi connectivity index (χ2v) is 9.80. The Morgan fingerprint density at radius 1 is 1.38 bits per heavy atom. The molecule has 1 aromatic heterocycles. The van der Waals surface area contributed by atoms with Crippen LogP contribution in [-0.4, -0.2) is 41.8 Å². The minimum absolute atomic E-state index is 0.0433. The summed E-state index contributed by atoms with van der Waals surface area (Å²) in [7, 11) is -2.91. The van der Waals surface area contributed by atoms with Crippen molar-refractivity contribution in [1.29, 1.82) is 0 Å². The van der Waals surface area contributed by atoms with Crippen LogP contribution in [0.25, 0.3) is 0 Å². The third-order valence-electron chi connectivity index (χ3n) is 3.90. The maximum Gasteiger partial charge on any atom is 0.276 e. The number of nitrogens with zero attached hydrogens (tertiary/aromatic N) is 2. The van der Waals surface area contributed by atoms with Gasteiger partial charge in [-0.3, -0.25) is 4.79 Å². The number of benzene rings is 1. The van der Waals surface area contributed by atoms with Crippen LogP contribution in [0.4, 0.5) is 5.69 Å². The number of carbonyl (C=O) groups excluding carboxylic acids is 1. The number of halogens is 1. The van der Waals surface area contributed by atoms with Crippen molar-refractivity contribution in [2.75, 3.05) is 22.6 Å². The Balaban J connectivity index is 1.41. The first-order valence-corrected chi connectivity index (χ1v) is 11.3. The zero-order valence-electron chi connectivity index (χ0n) is 13.9. The van der Waals surface area contributed by atoms with E-state index in [-0.39, 0.29) is 29.8 Å². The highest BCUT2D eigenvalue weighted by Crippen LogP contribution is 2.24. The van der Waals surface area contributed by atoms with Crippen molar-refractivity contribution in [3.8, 4) is 0 Å². The minimum Gasteiger partial charge on any atom is -0.416 e. The molecule has 1 atom stereocenters. The second kappa shape index (κ2) is 8.41. The fourth-order valence-electron chi connectivity index (χ4n) is 2.68. The SMILES string of the molecule is O=C(CCSc1nnc(CC2CCS(=O)(=O)C2)o1)Nc1cccc(Cl)c1. The highest BCUT2D eigenvalue weighted by Gasteiger charge is 2.29. The molecule has 10 heteroatoms. The molecule has 1 aliphatic heterocycles. The van der Waals surface area contributed by atoms with Crippen molar-refractivity contribution in [3.05, 3.63) is 35.2 Å². The first kappa shape index (κ1) is 19.2. The van der Waals surface area contributed by atoms with Gasteiger partial charge in [0, 0.05) is 29.3 Å². The molecular weight excluding hydrogens is 398 g/mol. The largest absolute Gasteiger partial charge is 0.416 e. The van der Waals surface area contributed by atoms with Crippen LogP contribution in [0.1, 0.15) is 18.7 Å². The van der Waals surface area contributed by atoms with Crippen LogP contribution in [0, 0.1) is 5.92 Å². The van der Waals surface area contributed by atoms with E-state index < -0.39 is 9.84 Å². The average Bonchev–Trinajstić information content (AvgIpc) is 3.14. The standard InChI is InChI=1S/C16H18ClN3O4S2/c17-12-2-1-3-13(9-12)18-14(21)4-6-25-16-20-19-15(24-16)8-11-5-7-26(22,23)10-11/h1-3,9,11H,4-8,10H2,(H,18,21). The van der Waals surface area contributed by atoms with Crippen molar-refractivity contribution in [2.45, 2.75) is 24.5 Å². The van der Waals surface area contributed by atoms with Crippen molar-refractivity contribution in [3.63, 3.8) is 0 Å². The van der Waals surface area contributed by atoms with Crippen molar-refractivity contribution in [2.24, 2.45) is 5.92 Å². The van der Waals surface area contributed by atoms with Gasteiger partial charge < -0.3 is 9.73 Å². The van der Waals surface area contributed by atoms with Gasteiger partial charge >= 0.3 is 0 Å². The highest BCUT2D eigenvalue weighted by atomic mass is 35.5. The van der Waals surface area contributed by atoms with Crippen LogP contribution < -0.4 is 5.32 Å². The Bertz CT molecular complexity index is 885. The number of amides is 1. The Labute approximate surface area is 160 Å². The molecule has 0 aliphatic carbocycles. The molecule has 0 saturated carbocycles. The summed E-state index contributed by atoms with van der Waals surface area (Å²) in [4.78, 5) is 11.9. The van der Waals surface area contributed by atoms with Crippen LogP contribution in [0.3, 0.4) is 0 Å². The maximum absolute atomic E-state index is 11.9. The summed E-state index contributed by atoms with van der Waals surface area (Å²) in [6.45, 7) is 0. The van der Waals surface area contributed by atoms with E-state index in [1.54, 1.807) is 24.3 Å². The number of anilines is 1. The number of hydrogen-bond donors (Lipinski definition) is 1. The molecule has 1 N–H and O–H groups in total. The normalized spacial score (nSPS) is 18.7. The number of carbonyl (C=O) groups is 1. The number of nitrogens with one attached hydrogen (secondary N) is 1. The summed E-state index contributed by atoms with van der Waals surface area (Å²) < 4.78 is 28.5. The lowest BCUT2D eigenvalue weighted by Crippen LogP contribution is -2.12. The highest BCUT2D eigenvalue weighted by molar-refractivity contribution is 7.99. The number of aromatic nitrogens is 2. The van der Waals surface area contributed by atoms with Crippen LogP contribution in [0.2, 0.25) is 5.02 Å². The molecule has 0 radical (unpaired) electrons. The van der Waals surface area contributed by atoms with Crippen molar-refractivity contribution >= 4 is 44.8 Å². The molecule has 1 saturated heterocycles. The molecule has 2 heterocycles. The molecule has 140 valence electrons. The van der Waals surface area contributed by atoms with Gasteiger partial charge in [-0.15, -0.1) is 10.2 Å². The van der Waals surface area contributed by atoms with Crippen molar-refractivity contribution in [1.82, 2.24) is 10.2 Å². The molecule has 1 aliphatic rings. The van der Waals surface area contributed by atoms with E-state index in [2.05, 4.69) is 15.5 Å². The summed E-state index contributed by atoms with van der Waals surface area (Å²) in [6.07, 6.45) is 1.40. The number of rotatable bonds is 7. The van der Waals surface area contributed by atoms with E-state index in [4.69, 9.17) is 16.0 Å². The smallest absolute Gasteiger partial charge is 0.276 e. The van der Waals surface area contributed by atoms with Gasteiger partial charge in [0.25, 0.3) is 5.22 Å². The second-order valence-electron chi connectivity index (χ2n) is 6.09. The fourth-order valence-corrected chi connectivity index (χ4v) is 5.45. The third kappa shape index (κ3) is 5.72. The molecular formula is C16H18ClN3O4S2. The van der Waals surface area contributed by atoms with Gasteiger partial charge in [0.2, 0.25) is 11.8 Å². The first-order valence-electron chi connectivity index (χ1n) is 8.11. The Morgan fingerprint density at radius 2 is 2.23 bits per heavy atom. The van der Waals surface area contributed by atoms with E-state index in [0.29, 0.717) is 40.4 Å². The van der Waals surface area contributed by atoms with E-state index in [1.165, 1.54) is 11.8 Å². The van der Waals surface area contributed by atoms with Gasteiger partial charge in [0.1, 0.15) is 0 Å². The van der Waals surface area contributed by atoms with Gasteiger partial charge in [-0.2, -0.15) is 0 Å². The zero-order valence-corrected chi connectivity index (χ0v) is 16.2. The van der Waals surface area contributed by atoms with Gasteiger partial charge in [0.05, 0.1) is 11.5 Å². The first-order chi connectivity index (χ1) is 12.4. The predicted octanol–water partition coefficient (Wildman–Crippen LogP) is 2.82. The lowest BCUT2D eigenvalue weighted by atomic mass is 10.1. The molecule has 2 aromatic rings. The van der Waals surface area contributed by atoms with Crippen LogP contribution in [0.15, 0.2) is 33.9 Å². The van der Waals surface area contributed by atoms with Gasteiger partial charge in [-0.25, -0.2) is 8.42 Å². The predicted molar refractivity (Wildman–Crippen MR) is 100 cm³/mol. The van der Waals surface area contributed by atoms with Crippen LogP contribution in [-0.2, 0) is 21.1 Å². The number of thioether (sulfide) groups is 1. The van der Waals surface area contributed by atoms with E-state index >= 15 is 0 Å². The third-order valence-corrected chi connectivity index (χ3v) is 6.79. The zero-order chi connectivity index (χ0) is 18.6.